The standard InChI is InChI=1S/C19H14ClN5O4S2/c20-13-5-4-12(31-13)19-22-9(8-30-19)6-14(26)21-7-15(27)23-11-3-1-2-10-16(11)18(29)25-24-17(10)28/h1-5,8H,6-7H2,(H,21,26)(H,23,27)(H,24,28)(H,25,29). The van der Waals surface area contributed by atoms with Gasteiger partial charge in [-0.25, -0.2) is 4.98 Å². The average Bonchev–Trinajstić information content (AvgIpc) is 3.38. The fourth-order valence-corrected chi connectivity index (χ4v) is 4.80. The minimum atomic E-state index is -0.541. The molecular formula is C19H14ClN5O4S2. The van der Waals surface area contributed by atoms with E-state index in [1.165, 1.54) is 34.8 Å². The minimum Gasteiger partial charge on any atom is -0.347 e. The van der Waals surface area contributed by atoms with Crippen molar-refractivity contribution in [1.29, 1.82) is 0 Å². The number of carbonyl (C=O) groups excluding carboxylic acids is 2. The zero-order valence-electron chi connectivity index (χ0n) is 15.7. The lowest BCUT2D eigenvalue weighted by molar-refractivity contribution is -0.123. The molecule has 0 unspecified atom stereocenters. The molecule has 0 aliphatic carbocycles. The van der Waals surface area contributed by atoms with Gasteiger partial charge in [-0.1, -0.05) is 17.7 Å². The number of amides is 2. The average molecular weight is 476 g/mol. The van der Waals surface area contributed by atoms with Gasteiger partial charge in [-0.2, -0.15) is 0 Å². The van der Waals surface area contributed by atoms with Crippen molar-refractivity contribution in [3.05, 3.63) is 66.4 Å². The van der Waals surface area contributed by atoms with Gasteiger partial charge in [0.05, 0.1) is 44.3 Å². The molecule has 0 aliphatic heterocycles. The SMILES string of the molecule is O=C(Cc1csc(-c2ccc(Cl)s2)n1)NCC(=O)Nc1cccc2c(=O)[nH][nH]c(=O)c12. The summed E-state index contributed by atoms with van der Waals surface area (Å²) in [6.45, 7) is -0.298. The summed E-state index contributed by atoms with van der Waals surface area (Å²) < 4.78 is 0.660. The molecule has 0 aliphatic rings. The number of nitrogens with one attached hydrogen (secondary N) is 4. The molecule has 0 bridgehead atoms. The lowest BCUT2D eigenvalue weighted by Gasteiger charge is -2.08. The van der Waals surface area contributed by atoms with Crippen LogP contribution in [0.2, 0.25) is 4.34 Å². The number of anilines is 1. The lowest BCUT2D eigenvalue weighted by Crippen LogP contribution is -2.34. The number of fused-ring (bicyclic) bond motifs is 1. The molecule has 2 amide bonds. The molecule has 4 aromatic rings. The normalized spacial score (nSPS) is 10.9. The first-order chi connectivity index (χ1) is 14.9. The molecule has 0 atom stereocenters. The largest absolute Gasteiger partial charge is 0.347 e. The van der Waals surface area contributed by atoms with Crippen LogP contribution in [0.5, 0.6) is 0 Å². The van der Waals surface area contributed by atoms with Crippen LogP contribution in [0.1, 0.15) is 5.69 Å². The van der Waals surface area contributed by atoms with Gasteiger partial charge in [0, 0.05) is 5.38 Å². The van der Waals surface area contributed by atoms with Gasteiger partial charge in [-0.05, 0) is 24.3 Å². The highest BCUT2D eigenvalue weighted by Gasteiger charge is 2.14. The zero-order valence-corrected chi connectivity index (χ0v) is 18.0. The van der Waals surface area contributed by atoms with Crippen molar-refractivity contribution >= 4 is 62.5 Å². The van der Waals surface area contributed by atoms with E-state index in [-0.39, 0.29) is 35.3 Å². The number of rotatable bonds is 6. The summed E-state index contributed by atoms with van der Waals surface area (Å²) in [6, 6.07) is 8.18. The van der Waals surface area contributed by atoms with Crippen molar-refractivity contribution in [2.75, 3.05) is 11.9 Å². The predicted octanol–water partition coefficient (Wildman–Crippen LogP) is 2.35. The van der Waals surface area contributed by atoms with E-state index < -0.39 is 17.0 Å². The van der Waals surface area contributed by atoms with Crippen LogP contribution in [0.4, 0.5) is 5.69 Å². The van der Waals surface area contributed by atoms with E-state index in [0.29, 0.717) is 10.0 Å². The second-order valence-corrected chi connectivity index (χ2v) is 8.96. The van der Waals surface area contributed by atoms with Crippen LogP contribution >= 0.6 is 34.3 Å². The van der Waals surface area contributed by atoms with Crippen LogP contribution in [0, 0.1) is 0 Å². The molecule has 3 aromatic heterocycles. The van der Waals surface area contributed by atoms with Gasteiger partial charge in [0.15, 0.2) is 0 Å². The Morgan fingerprint density at radius 1 is 1.06 bits per heavy atom. The Morgan fingerprint density at radius 3 is 2.65 bits per heavy atom. The van der Waals surface area contributed by atoms with Crippen molar-refractivity contribution < 1.29 is 9.59 Å². The van der Waals surface area contributed by atoms with Crippen LogP contribution in [0.3, 0.4) is 0 Å². The second-order valence-electron chi connectivity index (χ2n) is 6.39. The number of benzene rings is 1. The Balaban J connectivity index is 1.36. The van der Waals surface area contributed by atoms with Gasteiger partial charge in [-0.3, -0.25) is 29.4 Å². The fraction of sp³-hybridized carbons (Fsp3) is 0.105. The monoisotopic (exact) mass is 475 g/mol. The molecule has 0 spiro atoms. The van der Waals surface area contributed by atoms with E-state index in [2.05, 4.69) is 25.8 Å². The summed E-state index contributed by atoms with van der Waals surface area (Å²) in [5.41, 5.74) is -0.252. The summed E-state index contributed by atoms with van der Waals surface area (Å²) in [5.74, 6) is -0.906. The summed E-state index contributed by atoms with van der Waals surface area (Å²) in [4.78, 5) is 53.7. The quantitative estimate of drug-likeness (QED) is 0.339. The molecule has 4 rings (SSSR count). The molecule has 158 valence electrons. The third-order valence-corrected chi connectivity index (χ3v) is 6.51. The first kappa shape index (κ1) is 21.0. The Bertz CT molecular complexity index is 1400. The highest BCUT2D eigenvalue weighted by Crippen LogP contribution is 2.32. The van der Waals surface area contributed by atoms with Gasteiger partial charge in [0.2, 0.25) is 11.8 Å². The molecular weight excluding hydrogens is 462 g/mol. The van der Waals surface area contributed by atoms with E-state index in [9.17, 15) is 19.2 Å². The minimum absolute atomic E-state index is 0.0200. The molecule has 3 heterocycles. The molecule has 0 radical (unpaired) electrons. The van der Waals surface area contributed by atoms with Crippen molar-refractivity contribution in [2.24, 2.45) is 0 Å². The van der Waals surface area contributed by atoms with Gasteiger partial charge in [-0.15, -0.1) is 22.7 Å². The third-order valence-electron chi connectivity index (χ3n) is 4.22. The van der Waals surface area contributed by atoms with Gasteiger partial charge in [0.1, 0.15) is 5.01 Å². The maximum Gasteiger partial charge on any atom is 0.272 e. The van der Waals surface area contributed by atoms with E-state index in [1.54, 1.807) is 17.5 Å². The van der Waals surface area contributed by atoms with Gasteiger partial charge >= 0.3 is 0 Å². The summed E-state index contributed by atoms with van der Waals surface area (Å²) in [5, 5.41) is 12.3. The Hall–Kier alpha value is -3.28. The fourth-order valence-electron chi connectivity index (χ4n) is 2.86. The Labute approximate surface area is 187 Å². The van der Waals surface area contributed by atoms with Gasteiger partial charge < -0.3 is 10.6 Å². The molecule has 31 heavy (non-hydrogen) atoms. The number of carbonyl (C=O) groups is 2. The number of hydrogen-bond acceptors (Lipinski definition) is 7. The maximum atomic E-state index is 12.3. The molecule has 1 aromatic carbocycles. The molecule has 0 saturated heterocycles. The zero-order chi connectivity index (χ0) is 22.0. The molecule has 9 nitrogen and oxygen atoms in total. The lowest BCUT2D eigenvalue weighted by atomic mass is 10.1. The van der Waals surface area contributed by atoms with Crippen molar-refractivity contribution in [2.45, 2.75) is 6.42 Å². The first-order valence-electron chi connectivity index (χ1n) is 8.91. The Morgan fingerprint density at radius 2 is 1.87 bits per heavy atom. The maximum absolute atomic E-state index is 12.3. The number of aromatic nitrogens is 3. The van der Waals surface area contributed by atoms with Crippen molar-refractivity contribution in [3.8, 4) is 9.88 Å². The van der Waals surface area contributed by atoms with E-state index in [1.807, 2.05) is 6.07 Å². The highest BCUT2D eigenvalue weighted by atomic mass is 35.5. The number of nitrogens with zero attached hydrogens (tertiary/aromatic N) is 1. The molecule has 12 heteroatoms. The Kier molecular flexibility index (Phi) is 5.98. The second kappa shape index (κ2) is 8.84. The van der Waals surface area contributed by atoms with Crippen LogP contribution in [-0.2, 0) is 16.0 Å². The number of halogens is 1. The number of aromatic amines is 2. The topological polar surface area (TPSA) is 137 Å². The van der Waals surface area contributed by atoms with Crippen LogP contribution in [0.25, 0.3) is 20.7 Å². The van der Waals surface area contributed by atoms with Crippen molar-refractivity contribution in [3.63, 3.8) is 0 Å². The smallest absolute Gasteiger partial charge is 0.272 e. The van der Waals surface area contributed by atoms with E-state index >= 15 is 0 Å². The van der Waals surface area contributed by atoms with E-state index in [0.717, 1.165) is 9.88 Å². The number of thiophene rings is 1. The summed E-state index contributed by atoms with van der Waals surface area (Å²) in [6.07, 6.45) is 0.0200. The predicted molar refractivity (Wildman–Crippen MR) is 121 cm³/mol. The van der Waals surface area contributed by atoms with Gasteiger partial charge in [0.25, 0.3) is 11.1 Å². The van der Waals surface area contributed by atoms with E-state index in [4.69, 9.17) is 11.6 Å². The molecule has 0 saturated carbocycles. The summed E-state index contributed by atoms with van der Waals surface area (Å²) >= 11 is 8.75. The first-order valence-corrected chi connectivity index (χ1v) is 11.0. The third kappa shape index (κ3) is 4.74. The van der Waals surface area contributed by atoms with Crippen LogP contribution in [-0.4, -0.2) is 33.5 Å². The molecule has 0 fully saturated rings. The highest BCUT2D eigenvalue weighted by molar-refractivity contribution is 7.23. The van der Waals surface area contributed by atoms with Crippen molar-refractivity contribution in [1.82, 2.24) is 20.5 Å². The molecule has 4 N–H and O–H groups in total. The van der Waals surface area contributed by atoms with Crippen LogP contribution < -0.4 is 21.8 Å². The number of H-pyrrole nitrogens is 2. The summed E-state index contributed by atoms with van der Waals surface area (Å²) in [7, 11) is 0. The van der Waals surface area contributed by atoms with Crippen LogP contribution in [0.15, 0.2) is 45.3 Å². The number of hydrogen-bond donors (Lipinski definition) is 4. The number of thiazole rings is 1.